The number of hydrogen-bond donors (Lipinski definition) is 2. The molecule has 4 aliphatic rings. The van der Waals surface area contributed by atoms with Gasteiger partial charge >= 0.3 is 0 Å². The van der Waals surface area contributed by atoms with E-state index in [0.29, 0.717) is 29.1 Å². The van der Waals surface area contributed by atoms with E-state index in [4.69, 9.17) is 16.3 Å². The minimum Gasteiger partial charge on any atom is -0.359 e. The van der Waals surface area contributed by atoms with E-state index in [9.17, 15) is 14.4 Å². The van der Waals surface area contributed by atoms with Gasteiger partial charge in [0.05, 0.1) is 17.9 Å². The summed E-state index contributed by atoms with van der Waals surface area (Å²) in [6.45, 7) is 8.85. The highest BCUT2D eigenvalue weighted by Gasteiger charge is 2.72. The molecule has 1 aromatic carbocycles. The average molecular weight is 528 g/mol. The van der Waals surface area contributed by atoms with Gasteiger partial charge in [0.2, 0.25) is 17.7 Å². The Kier molecular flexibility index (Phi) is 7.14. The van der Waals surface area contributed by atoms with Crippen LogP contribution in [0.1, 0.15) is 58.4 Å². The molecule has 0 unspecified atom stereocenters. The van der Waals surface area contributed by atoms with E-state index in [-0.39, 0.29) is 23.8 Å². The lowest BCUT2D eigenvalue weighted by atomic mass is 9.73. The molecule has 2 saturated heterocycles. The number of nitrogens with zero attached hydrogens (tertiary/aromatic N) is 1. The normalized spacial score (nSPS) is 36.1. The summed E-state index contributed by atoms with van der Waals surface area (Å²) in [7, 11) is 0. The number of ether oxygens (including phenoxy) is 1. The molecule has 0 aromatic heterocycles. The van der Waals surface area contributed by atoms with Crippen LogP contribution in [-0.4, -0.2) is 53.0 Å². The van der Waals surface area contributed by atoms with Crippen LogP contribution in [0.5, 0.6) is 0 Å². The highest BCUT2D eigenvalue weighted by Crippen LogP contribution is 2.55. The van der Waals surface area contributed by atoms with Crippen molar-refractivity contribution >= 4 is 35.0 Å². The van der Waals surface area contributed by atoms with E-state index in [2.05, 4.69) is 31.4 Å². The van der Waals surface area contributed by atoms with Crippen molar-refractivity contribution in [3.05, 3.63) is 40.9 Å². The number of halogens is 1. The summed E-state index contributed by atoms with van der Waals surface area (Å²) in [6.07, 6.45) is 8.03. The predicted octanol–water partition coefficient (Wildman–Crippen LogP) is 4.48. The number of amides is 3. The molecular formula is C29H38ClN3O4. The molecule has 1 aliphatic carbocycles. The molecule has 2 bridgehead atoms. The highest BCUT2D eigenvalue weighted by atomic mass is 35.5. The van der Waals surface area contributed by atoms with Crippen LogP contribution in [0.2, 0.25) is 5.02 Å². The van der Waals surface area contributed by atoms with Gasteiger partial charge in [0.25, 0.3) is 0 Å². The van der Waals surface area contributed by atoms with E-state index < -0.39 is 29.6 Å². The Morgan fingerprint density at radius 3 is 2.73 bits per heavy atom. The third-order valence-corrected chi connectivity index (χ3v) is 9.56. The number of carbonyl (C=O) groups excluding carboxylic acids is 3. The Hall–Kier alpha value is -2.38. The van der Waals surface area contributed by atoms with Gasteiger partial charge < -0.3 is 20.3 Å². The summed E-state index contributed by atoms with van der Waals surface area (Å²) in [4.78, 5) is 43.0. The van der Waals surface area contributed by atoms with Crippen molar-refractivity contribution in [3.63, 3.8) is 0 Å². The molecule has 200 valence electrons. The molecule has 3 heterocycles. The summed E-state index contributed by atoms with van der Waals surface area (Å²) in [6, 6.07) is 4.64. The molecule has 1 aromatic rings. The summed E-state index contributed by atoms with van der Waals surface area (Å²) >= 11 is 6.26. The first-order valence-electron chi connectivity index (χ1n) is 13.7. The van der Waals surface area contributed by atoms with Crippen molar-refractivity contribution in [2.45, 2.75) is 83.6 Å². The van der Waals surface area contributed by atoms with Crippen LogP contribution in [0.4, 0.5) is 5.69 Å². The van der Waals surface area contributed by atoms with E-state index in [0.717, 1.165) is 31.2 Å². The number of nitrogens with one attached hydrogen (secondary N) is 2. The van der Waals surface area contributed by atoms with Crippen LogP contribution in [-0.2, 0) is 19.1 Å². The van der Waals surface area contributed by atoms with Crippen LogP contribution in [0.25, 0.3) is 0 Å². The molecule has 8 heteroatoms. The van der Waals surface area contributed by atoms with Crippen molar-refractivity contribution in [2.24, 2.45) is 23.7 Å². The molecule has 37 heavy (non-hydrogen) atoms. The minimum absolute atomic E-state index is 0.0720. The molecule has 2 N–H and O–H groups in total. The number of benzene rings is 1. The van der Waals surface area contributed by atoms with Crippen LogP contribution >= 0.6 is 11.6 Å². The van der Waals surface area contributed by atoms with E-state index in [1.54, 1.807) is 17.0 Å². The molecule has 3 fully saturated rings. The standard InChI is InChI=1S/C29H38ClN3O4/c1-5-6-14-33-25(27(35)32-21-9-7-8-16(2)18(21)4)29-13-12-22(37-29)23(24(29)28(33)36)26(34)31-19-11-10-17(3)20(30)15-19/h10-13,15-16,18,21-25H,5-9,14H2,1-4H3,(H,31,34)(H,32,35)/t16-,18+,21+,22+,23+,24+,25-,29-/m0/s1. The number of likely N-dealkylation sites (tertiary alicyclic amines) is 1. The lowest BCUT2D eigenvalue weighted by molar-refractivity contribution is -0.141. The molecular weight excluding hydrogens is 490 g/mol. The first-order valence-corrected chi connectivity index (χ1v) is 14.1. The number of hydrogen-bond acceptors (Lipinski definition) is 4. The SMILES string of the molecule is CCCCN1C(=O)[C@H]2[C@H](C(=O)Nc3ccc(C)c(Cl)c3)[C@H]3C=C[C@@]2(O3)[C@@H]1C(=O)N[C@@H]1CCC[C@H](C)[C@H]1C. The first kappa shape index (κ1) is 26.2. The van der Waals surface area contributed by atoms with Crippen LogP contribution < -0.4 is 10.6 Å². The molecule has 3 aliphatic heterocycles. The average Bonchev–Trinajstić information content (AvgIpc) is 3.50. The zero-order chi connectivity index (χ0) is 26.5. The maximum Gasteiger partial charge on any atom is 0.246 e. The minimum atomic E-state index is -1.13. The summed E-state index contributed by atoms with van der Waals surface area (Å²) < 4.78 is 6.43. The lowest BCUT2D eigenvalue weighted by Gasteiger charge is -2.38. The van der Waals surface area contributed by atoms with E-state index in [1.165, 1.54) is 6.42 Å². The molecule has 0 radical (unpaired) electrons. The third kappa shape index (κ3) is 4.38. The Labute approximate surface area is 224 Å². The third-order valence-electron chi connectivity index (χ3n) is 9.15. The van der Waals surface area contributed by atoms with Crippen molar-refractivity contribution in [1.29, 1.82) is 0 Å². The summed E-state index contributed by atoms with van der Waals surface area (Å²) in [5, 5.41) is 6.79. The number of fused-ring (bicyclic) bond motifs is 1. The number of aryl methyl sites for hydroxylation is 1. The zero-order valence-electron chi connectivity index (χ0n) is 22.1. The lowest BCUT2D eigenvalue weighted by Crippen LogP contribution is -2.58. The fourth-order valence-corrected chi connectivity index (χ4v) is 6.96. The van der Waals surface area contributed by atoms with Crippen LogP contribution in [0, 0.1) is 30.6 Å². The van der Waals surface area contributed by atoms with E-state index >= 15 is 0 Å². The fraction of sp³-hybridized carbons (Fsp3) is 0.621. The van der Waals surface area contributed by atoms with Gasteiger partial charge in [-0.15, -0.1) is 0 Å². The molecule has 5 rings (SSSR count). The second-order valence-electron chi connectivity index (χ2n) is 11.4. The monoisotopic (exact) mass is 527 g/mol. The van der Waals surface area contributed by atoms with Crippen LogP contribution in [0.3, 0.4) is 0 Å². The smallest absolute Gasteiger partial charge is 0.246 e. The van der Waals surface area contributed by atoms with Gasteiger partial charge in [-0.05, 0) is 49.3 Å². The molecule has 1 saturated carbocycles. The number of rotatable bonds is 7. The van der Waals surface area contributed by atoms with Gasteiger partial charge in [-0.25, -0.2) is 0 Å². The van der Waals surface area contributed by atoms with Gasteiger partial charge in [0.1, 0.15) is 11.6 Å². The number of anilines is 1. The Balaban J connectivity index is 1.42. The zero-order valence-corrected chi connectivity index (χ0v) is 22.9. The summed E-state index contributed by atoms with van der Waals surface area (Å²) in [5.41, 5.74) is 0.359. The van der Waals surface area contributed by atoms with Crippen LogP contribution in [0.15, 0.2) is 30.4 Å². The van der Waals surface area contributed by atoms with Gasteiger partial charge in [-0.2, -0.15) is 0 Å². The molecule has 7 nitrogen and oxygen atoms in total. The molecule has 3 amide bonds. The van der Waals surface area contributed by atoms with Crippen molar-refractivity contribution < 1.29 is 19.1 Å². The maximum atomic E-state index is 13.9. The quantitative estimate of drug-likeness (QED) is 0.512. The molecule has 8 atom stereocenters. The largest absolute Gasteiger partial charge is 0.359 e. The Morgan fingerprint density at radius 2 is 2.00 bits per heavy atom. The highest BCUT2D eigenvalue weighted by molar-refractivity contribution is 6.31. The number of carbonyl (C=O) groups is 3. The fourth-order valence-electron chi connectivity index (χ4n) is 6.78. The van der Waals surface area contributed by atoms with Gasteiger partial charge in [0.15, 0.2) is 0 Å². The van der Waals surface area contributed by atoms with Gasteiger partial charge in [-0.1, -0.05) is 69.9 Å². The summed E-state index contributed by atoms with van der Waals surface area (Å²) in [5.74, 6) is -1.19. The van der Waals surface area contributed by atoms with Crippen molar-refractivity contribution in [2.75, 3.05) is 11.9 Å². The Morgan fingerprint density at radius 1 is 1.22 bits per heavy atom. The van der Waals surface area contributed by atoms with E-state index in [1.807, 2.05) is 25.1 Å². The maximum absolute atomic E-state index is 13.9. The van der Waals surface area contributed by atoms with Crippen molar-refractivity contribution in [3.8, 4) is 0 Å². The first-order chi connectivity index (χ1) is 17.7. The second-order valence-corrected chi connectivity index (χ2v) is 11.8. The van der Waals surface area contributed by atoms with Gasteiger partial charge in [0, 0.05) is 23.3 Å². The second kappa shape index (κ2) is 10.1. The molecule has 1 spiro atoms. The topological polar surface area (TPSA) is 87.7 Å². The van der Waals surface area contributed by atoms with Crippen molar-refractivity contribution in [1.82, 2.24) is 10.2 Å². The Bertz CT molecular complexity index is 1120. The predicted molar refractivity (Wildman–Crippen MR) is 143 cm³/mol. The van der Waals surface area contributed by atoms with Gasteiger partial charge in [-0.3, -0.25) is 14.4 Å². The number of unbranched alkanes of at least 4 members (excludes halogenated alkanes) is 1.